The van der Waals surface area contributed by atoms with Crippen LogP contribution < -0.4 is 0 Å². The van der Waals surface area contributed by atoms with E-state index in [1.54, 1.807) is 24.3 Å². The molecule has 14 heavy (non-hydrogen) atoms. The van der Waals surface area contributed by atoms with Crippen molar-refractivity contribution in [1.29, 1.82) is 0 Å². The Morgan fingerprint density at radius 1 is 1.36 bits per heavy atom. The number of oxime groups is 1. The second kappa shape index (κ2) is 4.94. The third-order valence-electron chi connectivity index (χ3n) is 1.66. The van der Waals surface area contributed by atoms with Gasteiger partial charge in [0.25, 0.3) is 0 Å². The molecule has 1 atom stereocenters. The molecule has 0 bridgehead atoms. The van der Waals surface area contributed by atoms with Crippen LogP contribution >= 0.6 is 22.6 Å². The fraction of sp³-hybridized carbons (Fsp3) is 0.111. The molecular weight excluding hydrogens is 297 g/mol. The summed E-state index contributed by atoms with van der Waals surface area (Å²) in [7, 11) is 0. The van der Waals surface area contributed by atoms with Crippen LogP contribution in [0.5, 0.6) is 0 Å². The van der Waals surface area contributed by atoms with Crippen LogP contribution in [0, 0.1) is 0 Å². The van der Waals surface area contributed by atoms with Gasteiger partial charge in [-0.3, -0.25) is 0 Å². The third kappa shape index (κ3) is 2.44. The largest absolute Gasteiger partial charge is 0.477 e. The first-order chi connectivity index (χ1) is 6.66. The lowest BCUT2D eigenvalue weighted by Gasteiger charge is -2.07. The standard InChI is InChI=1S/C9H8INO3/c10-7(8(11-14)9(12)13)6-4-2-1-3-5-6/h1-5,7,14H,(H,12,13). The van der Waals surface area contributed by atoms with Gasteiger partial charge < -0.3 is 10.3 Å². The summed E-state index contributed by atoms with van der Waals surface area (Å²) in [5.74, 6) is -1.21. The number of hydrogen-bond donors (Lipinski definition) is 2. The summed E-state index contributed by atoms with van der Waals surface area (Å²) < 4.78 is -0.448. The fourth-order valence-electron chi connectivity index (χ4n) is 0.982. The highest BCUT2D eigenvalue weighted by Crippen LogP contribution is 2.24. The maximum atomic E-state index is 10.6. The Hall–Kier alpha value is -1.11. The number of aliphatic carboxylic acids is 1. The van der Waals surface area contributed by atoms with Gasteiger partial charge in [-0.05, 0) is 5.56 Å². The van der Waals surface area contributed by atoms with Crippen LogP contribution in [0.15, 0.2) is 35.5 Å². The fourth-order valence-corrected chi connectivity index (χ4v) is 1.79. The van der Waals surface area contributed by atoms with Crippen molar-refractivity contribution >= 4 is 34.3 Å². The number of nitrogens with zero attached hydrogens (tertiary/aromatic N) is 1. The number of carbonyl (C=O) groups is 1. The van der Waals surface area contributed by atoms with E-state index in [2.05, 4.69) is 5.16 Å². The van der Waals surface area contributed by atoms with E-state index in [1.807, 2.05) is 28.7 Å². The second-order valence-electron chi connectivity index (χ2n) is 2.56. The van der Waals surface area contributed by atoms with Crippen molar-refractivity contribution in [2.45, 2.75) is 3.92 Å². The highest BCUT2D eigenvalue weighted by atomic mass is 127. The van der Waals surface area contributed by atoms with Crippen molar-refractivity contribution in [1.82, 2.24) is 0 Å². The first-order valence-corrected chi connectivity index (χ1v) is 5.05. The van der Waals surface area contributed by atoms with Crippen molar-refractivity contribution in [3.05, 3.63) is 35.9 Å². The summed E-state index contributed by atoms with van der Waals surface area (Å²) in [5, 5.41) is 20.0. The predicted molar refractivity (Wildman–Crippen MR) is 60.1 cm³/mol. The molecule has 0 aliphatic carbocycles. The minimum absolute atomic E-state index is 0.267. The maximum absolute atomic E-state index is 10.6. The van der Waals surface area contributed by atoms with E-state index in [0.29, 0.717) is 0 Å². The van der Waals surface area contributed by atoms with Crippen LogP contribution in [0.25, 0.3) is 0 Å². The second-order valence-corrected chi connectivity index (χ2v) is 3.81. The van der Waals surface area contributed by atoms with E-state index in [-0.39, 0.29) is 5.71 Å². The lowest BCUT2D eigenvalue weighted by molar-refractivity contribution is -0.129. The minimum atomic E-state index is -1.21. The molecule has 0 heterocycles. The molecule has 0 aromatic heterocycles. The van der Waals surface area contributed by atoms with E-state index >= 15 is 0 Å². The molecule has 0 aliphatic heterocycles. The zero-order valence-corrected chi connectivity index (χ0v) is 9.25. The molecule has 5 heteroatoms. The Balaban J connectivity index is 2.96. The van der Waals surface area contributed by atoms with Crippen LogP contribution in [0.1, 0.15) is 9.49 Å². The Labute approximate surface area is 94.4 Å². The lowest BCUT2D eigenvalue weighted by Crippen LogP contribution is -2.18. The van der Waals surface area contributed by atoms with Crippen LogP contribution in [-0.2, 0) is 4.79 Å². The van der Waals surface area contributed by atoms with E-state index in [4.69, 9.17) is 10.3 Å². The Morgan fingerprint density at radius 3 is 2.36 bits per heavy atom. The lowest BCUT2D eigenvalue weighted by atomic mass is 10.1. The summed E-state index contributed by atoms with van der Waals surface area (Å²) in [5.41, 5.74) is 0.528. The number of benzene rings is 1. The molecule has 74 valence electrons. The van der Waals surface area contributed by atoms with Crippen molar-refractivity contribution in [3.63, 3.8) is 0 Å². The number of carboxylic acid groups (broad SMARTS) is 1. The molecule has 0 amide bonds. The summed E-state index contributed by atoms with van der Waals surface area (Å²) in [6.07, 6.45) is 0. The minimum Gasteiger partial charge on any atom is -0.477 e. The van der Waals surface area contributed by atoms with Gasteiger partial charge in [-0.2, -0.15) is 0 Å². The summed E-state index contributed by atoms with van der Waals surface area (Å²) >= 11 is 1.91. The van der Waals surface area contributed by atoms with Crippen LogP contribution in [0.2, 0.25) is 0 Å². The Morgan fingerprint density at radius 2 is 1.93 bits per heavy atom. The van der Waals surface area contributed by atoms with Gasteiger partial charge in [-0.15, -0.1) is 0 Å². The van der Waals surface area contributed by atoms with Gasteiger partial charge in [-0.25, -0.2) is 4.79 Å². The average molecular weight is 305 g/mol. The summed E-state index contributed by atoms with van der Waals surface area (Å²) in [4.78, 5) is 10.6. The van der Waals surface area contributed by atoms with Crippen molar-refractivity contribution < 1.29 is 15.1 Å². The molecule has 1 unspecified atom stereocenters. The number of alkyl halides is 1. The van der Waals surface area contributed by atoms with Gasteiger partial charge in [0.15, 0.2) is 5.71 Å². The number of halogens is 1. The van der Waals surface area contributed by atoms with Gasteiger partial charge in [0.1, 0.15) is 0 Å². The molecule has 2 N–H and O–H groups in total. The highest BCUT2D eigenvalue weighted by Gasteiger charge is 2.21. The predicted octanol–water partition coefficient (Wildman–Crippen LogP) is 2.08. The van der Waals surface area contributed by atoms with Gasteiger partial charge in [0.2, 0.25) is 0 Å². The van der Waals surface area contributed by atoms with Gasteiger partial charge in [-0.1, -0.05) is 58.1 Å². The smallest absolute Gasteiger partial charge is 0.355 e. The number of rotatable bonds is 3. The van der Waals surface area contributed by atoms with Crippen LogP contribution in [0.3, 0.4) is 0 Å². The first kappa shape index (κ1) is 11.0. The average Bonchev–Trinajstić information content (AvgIpc) is 2.19. The zero-order valence-electron chi connectivity index (χ0n) is 7.09. The van der Waals surface area contributed by atoms with E-state index in [1.165, 1.54) is 0 Å². The molecule has 4 nitrogen and oxygen atoms in total. The molecule has 0 aliphatic rings. The van der Waals surface area contributed by atoms with Crippen molar-refractivity contribution in [2.24, 2.45) is 5.16 Å². The third-order valence-corrected chi connectivity index (χ3v) is 2.97. The van der Waals surface area contributed by atoms with E-state index < -0.39 is 9.89 Å². The van der Waals surface area contributed by atoms with Gasteiger partial charge in [0.05, 0.1) is 3.92 Å². The highest BCUT2D eigenvalue weighted by molar-refractivity contribution is 14.1. The number of carboxylic acids is 1. The molecule has 1 aromatic rings. The Kier molecular flexibility index (Phi) is 3.87. The Bertz CT molecular complexity index is 350. The normalized spacial score (nSPS) is 13.6. The summed E-state index contributed by atoms with van der Waals surface area (Å²) in [6.45, 7) is 0. The molecule has 0 radical (unpaired) electrons. The molecule has 0 saturated carbocycles. The topological polar surface area (TPSA) is 69.9 Å². The SMILES string of the molecule is O=C(O)C(=NO)C(I)c1ccccc1. The van der Waals surface area contributed by atoms with Crippen LogP contribution in [-0.4, -0.2) is 22.0 Å². The molecule has 0 saturated heterocycles. The molecule has 0 fully saturated rings. The summed E-state index contributed by atoms with van der Waals surface area (Å²) in [6, 6.07) is 9.01. The van der Waals surface area contributed by atoms with Gasteiger partial charge >= 0.3 is 5.97 Å². The molecule has 1 aromatic carbocycles. The number of hydrogen-bond acceptors (Lipinski definition) is 3. The van der Waals surface area contributed by atoms with E-state index in [0.717, 1.165) is 5.56 Å². The maximum Gasteiger partial charge on any atom is 0.355 e. The van der Waals surface area contributed by atoms with Gasteiger partial charge in [0, 0.05) is 0 Å². The zero-order chi connectivity index (χ0) is 10.6. The van der Waals surface area contributed by atoms with Crippen LogP contribution in [0.4, 0.5) is 0 Å². The first-order valence-electron chi connectivity index (χ1n) is 3.81. The molecule has 1 rings (SSSR count). The molecule has 0 spiro atoms. The van der Waals surface area contributed by atoms with E-state index in [9.17, 15) is 4.79 Å². The van der Waals surface area contributed by atoms with Crippen molar-refractivity contribution in [2.75, 3.05) is 0 Å². The monoisotopic (exact) mass is 305 g/mol. The van der Waals surface area contributed by atoms with Crippen molar-refractivity contribution in [3.8, 4) is 0 Å². The molecular formula is C9H8INO3. The quantitative estimate of drug-likeness (QED) is 0.295.